The Morgan fingerprint density at radius 2 is 1.64 bits per heavy atom. The smallest absolute Gasteiger partial charge is 0.338 e. The second kappa shape index (κ2) is 12.4. The van der Waals surface area contributed by atoms with Crippen molar-refractivity contribution in [3.8, 4) is 11.5 Å². The normalized spacial score (nSPS) is 15.4. The molecule has 1 aliphatic rings. The van der Waals surface area contributed by atoms with Crippen molar-refractivity contribution in [1.82, 2.24) is 4.57 Å². The maximum absolute atomic E-state index is 14.2. The summed E-state index contributed by atoms with van der Waals surface area (Å²) in [5.74, 6) is 0.249. The number of methoxy groups -OCH3 is 1. The fourth-order valence-corrected chi connectivity index (χ4v) is 6.20. The molecule has 0 aliphatic carbocycles. The van der Waals surface area contributed by atoms with Crippen LogP contribution in [0.1, 0.15) is 83.7 Å². The molecule has 0 saturated heterocycles. The maximum Gasteiger partial charge on any atom is 0.338 e. The van der Waals surface area contributed by atoms with Crippen LogP contribution in [0.3, 0.4) is 0 Å². The molecule has 1 atom stereocenters. The molecule has 232 valence electrons. The number of thiazole rings is 1. The van der Waals surface area contributed by atoms with E-state index >= 15 is 0 Å². The lowest BCUT2D eigenvalue weighted by atomic mass is 9.78. The number of carbonyl (C=O) groups is 2. The Balaban J connectivity index is 1.99. The number of esters is 2. The third kappa shape index (κ3) is 6.63. The third-order valence-corrected chi connectivity index (χ3v) is 8.26. The molecule has 1 aliphatic heterocycles. The average Bonchev–Trinajstić information content (AvgIpc) is 3.24. The zero-order chi connectivity index (χ0) is 32.6. The van der Waals surface area contributed by atoms with Crippen molar-refractivity contribution in [3.05, 3.63) is 102 Å². The summed E-state index contributed by atoms with van der Waals surface area (Å²) in [5.41, 5.74) is 3.00. The minimum absolute atomic E-state index is 0.0327. The first-order valence-corrected chi connectivity index (χ1v) is 15.2. The summed E-state index contributed by atoms with van der Waals surface area (Å²) in [6.07, 6.45) is 3.34. The van der Waals surface area contributed by atoms with Gasteiger partial charge in [-0.1, -0.05) is 77.7 Å². The molecular weight excluding hydrogens is 576 g/mol. The molecule has 3 aromatic rings. The molecular formula is C35H40N2O6S. The van der Waals surface area contributed by atoms with Gasteiger partial charge in [0, 0.05) is 18.1 Å². The van der Waals surface area contributed by atoms with Gasteiger partial charge in [0.2, 0.25) is 0 Å². The van der Waals surface area contributed by atoms with Crippen LogP contribution in [0.5, 0.6) is 11.5 Å². The molecule has 4 rings (SSSR count). The number of hydrogen-bond donors (Lipinski definition) is 0. The number of ether oxygens (including phenoxy) is 3. The lowest BCUT2D eigenvalue weighted by Crippen LogP contribution is -2.40. The summed E-state index contributed by atoms with van der Waals surface area (Å²) in [4.78, 5) is 44.8. The van der Waals surface area contributed by atoms with Gasteiger partial charge in [-0.05, 0) is 59.2 Å². The van der Waals surface area contributed by atoms with Crippen LogP contribution in [0.15, 0.2) is 70.1 Å². The second-order valence-electron chi connectivity index (χ2n) is 12.8. The van der Waals surface area contributed by atoms with Crippen LogP contribution < -0.4 is 24.4 Å². The van der Waals surface area contributed by atoms with E-state index in [1.165, 1.54) is 24.3 Å². The summed E-state index contributed by atoms with van der Waals surface area (Å²) in [6, 6.07) is 10.4. The first kappa shape index (κ1) is 32.7. The average molecular weight is 617 g/mol. The molecule has 0 bridgehead atoms. The van der Waals surface area contributed by atoms with Crippen molar-refractivity contribution < 1.29 is 23.8 Å². The van der Waals surface area contributed by atoms with E-state index in [1.807, 2.05) is 30.3 Å². The quantitative estimate of drug-likeness (QED) is 0.198. The Bertz CT molecular complexity index is 1790. The highest BCUT2D eigenvalue weighted by molar-refractivity contribution is 7.07. The number of rotatable bonds is 7. The standard InChI is InChI=1S/C35H40N2O6S/c1-11-16-42-32(40)28-20(2)36-33-37(29(28)23-12-14-24(41-10)15-13-23)31(39)27(44-33)19-22-17-25(34(4,5)6)30(43-21(3)38)26(18-22)35(7,8)9/h11-15,17-19,29H,1,16H2,2-10H3. The molecule has 0 fully saturated rings. The summed E-state index contributed by atoms with van der Waals surface area (Å²) in [6.45, 7) is 19.2. The molecule has 0 saturated carbocycles. The molecule has 1 unspecified atom stereocenters. The molecule has 0 radical (unpaired) electrons. The van der Waals surface area contributed by atoms with Crippen LogP contribution in [-0.2, 0) is 25.2 Å². The zero-order valence-electron chi connectivity index (χ0n) is 26.9. The van der Waals surface area contributed by atoms with Crippen LogP contribution in [0.25, 0.3) is 6.08 Å². The Kier molecular flexibility index (Phi) is 9.21. The van der Waals surface area contributed by atoms with Crippen molar-refractivity contribution in [2.45, 2.75) is 72.3 Å². The summed E-state index contributed by atoms with van der Waals surface area (Å²) in [7, 11) is 1.58. The van der Waals surface area contributed by atoms with E-state index in [4.69, 9.17) is 14.2 Å². The van der Waals surface area contributed by atoms with Gasteiger partial charge in [-0.25, -0.2) is 9.79 Å². The molecule has 2 aromatic carbocycles. The van der Waals surface area contributed by atoms with Gasteiger partial charge in [0.05, 0.1) is 29.0 Å². The van der Waals surface area contributed by atoms with E-state index in [-0.39, 0.29) is 28.6 Å². The van der Waals surface area contributed by atoms with Gasteiger partial charge in [-0.15, -0.1) is 0 Å². The molecule has 1 aromatic heterocycles. The van der Waals surface area contributed by atoms with E-state index in [0.29, 0.717) is 32.1 Å². The van der Waals surface area contributed by atoms with E-state index in [1.54, 1.807) is 30.7 Å². The number of hydrogen-bond acceptors (Lipinski definition) is 8. The molecule has 0 N–H and O–H groups in total. The Morgan fingerprint density at radius 1 is 1.05 bits per heavy atom. The highest BCUT2D eigenvalue weighted by Gasteiger charge is 2.34. The van der Waals surface area contributed by atoms with Crippen LogP contribution in [0.4, 0.5) is 0 Å². The monoisotopic (exact) mass is 616 g/mol. The van der Waals surface area contributed by atoms with Gasteiger partial charge in [0.25, 0.3) is 5.56 Å². The predicted molar refractivity (Wildman–Crippen MR) is 173 cm³/mol. The van der Waals surface area contributed by atoms with E-state index in [9.17, 15) is 14.4 Å². The number of nitrogens with zero attached hydrogens (tertiary/aromatic N) is 2. The van der Waals surface area contributed by atoms with Gasteiger partial charge >= 0.3 is 11.9 Å². The molecule has 0 amide bonds. The van der Waals surface area contributed by atoms with Gasteiger partial charge in [0.15, 0.2) is 4.80 Å². The third-order valence-electron chi connectivity index (χ3n) is 7.28. The Hall–Kier alpha value is -4.24. The van der Waals surface area contributed by atoms with Gasteiger partial charge in [0.1, 0.15) is 18.1 Å². The van der Waals surface area contributed by atoms with Crippen molar-refractivity contribution in [2.24, 2.45) is 4.99 Å². The van der Waals surface area contributed by atoms with Gasteiger partial charge < -0.3 is 14.2 Å². The number of benzene rings is 2. The van der Waals surface area contributed by atoms with Crippen molar-refractivity contribution in [2.75, 3.05) is 13.7 Å². The lowest BCUT2D eigenvalue weighted by Gasteiger charge is -2.29. The minimum atomic E-state index is -0.752. The fourth-order valence-electron chi connectivity index (χ4n) is 5.15. The first-order chi connectivity index (χ1) is 20.6. The number of fused-ring (bicyclic) bond motifs is 1. The predicted octanol–water partition coefficient (Wildman–Crippen LogP) is 5.49. The van der Waals surface area contributed by atoms with Crippen molar-refractivity contribution in [1.29, 1.82) is 0 Å². The van der Waals surface area contributed by atoms with Crippen LogP contribution in [0, 0.1) is 0 Å². The highest BCUT2D eigenvalue weighted by Crippen LogP contribution is 2.41. The number of allylic oxidation sites excluding steroid dienone is 1. The summed E-state index contributed by atoms with van der Waals surface area (Å²) in [5, 5.41) is 0. The van der Waals surface area contributed by atoms with Crippen LogP contribution >= 0.6 is 11.3 Å². The maximum atomic E-state index is 14.2. The van der Waals surface area contributed by atoms with Crippen molar-refractivity contribution >= 4 is 29.4 Å². The van der Waals surface area contributed by atoms with Gasteiger partial charge in [-0.2, -0.15) is 0 Å². The topological polar surface area (TPSA) is 96.2 Å². The van der Waals surface area contributed by atoms with E-state index in [0.717, 1.165) is 16.7 Å². The van der Waals surface area contributed by atoms with E-state index < -0.39 is 18.0 Å². The molecule has 0 spiro atoms. The number of carbonyl (C=O) groups excluding carboxylic acids is 2. The molecule has 8 nitrogen and oxygen atoms in total. The Morgan fingerprint density at radius 3 is 2.14 bits per heavy atom. The van der Waals surface area contributed by atoms with Gasteiger partial charge in [-0.3, -0.25) is 14.2 Å². The largest absolute Gasteiger partial charge is 0.497 e. The van der Waals surface area contributed by atoms with Crippen molar-refractivity contribution in [3.63, 3.8) is 0 Å². The van der Waals surface area contributed by atoms with E-state index in [2.05, 4.69) is 53.1 Å². The first-order valence-electron chi connectivity index (χ1n) is 14.4. The number of aromatic nitrogens is 1. The van der Waals surface area contributed by atoms with Crippen LogP contribution in [-0.4, -0.2) is 30.2 Å². The summed E-state index contributed by atoms with van der Waals surface area (Å²) >= 11 is 1.26. The molecule has 2 heterocycles. The fraction of sp³-hybridized carbons (Fsp3) is 0.371. The molecule has 44 heavy (non-hydrogen) atoms. The zero-order valence-corrected chi connectivity index (χ0v) is 27.7. The lowest BCUT2D eigenvalue weighted by molar-refractivity contribution is -0.138. The van der Waals surface area contributed by atoms with Crippen LogP contribution in [0.2, 0.25) is 0 Å². The highest BCUT2D eigenvalue weighted by atomic mass is 32.1. The SMILES string of the molecule is C=CCOC(=O)C1=C(C)N=c2sc(=Cc3cc(C(C)(C)C)c(OC(C)=O)c(C(C)(C)C)c3)c(=O)n2C1c1ccc(OC)cc1. The molecule has 9 heteroatoms. The Labute approximate surface area is 262 Å². The summed E-state index contributed by atoms with van der Waals surface area (Å²) < 4.78 is 18.6. The minimum Gasteiger partial charge on any atom is -0.497 e. The second-order valence-corrected chi connectivity index (χ2v) is 13.8.